The molecular formula is C21H25FN2O3. The minimum Gasteiger partial charge on any atom is -0.494 e. The van der Waals surface area contributed by atoms with E-state index in [1.165, 1.54) is 29.8 Å². The second-order valence-electron chi connectivity index (χ2n) is 6.48. The maximum absolute atomic E-state index is 12.9. The van der Waals surface area contributed by atoms with Gasteiger partial charge >= 0.3 is 0 Å². The molecule has 0 aliphatic carbocycles. The predicted molar refractivity (Wildman–Crippen MR) is 101 cm³/mol. The van der Waals surface area contributed by atoms with E-state index < -0.39 is 0 Å². The highest BCUT2D eigenvalue weighted by Gasteiger charge is 2.21. The Morgan fingerprint density at radius 2 is 1.52 bits per heavy atom. The zero-order chi connectivity index (χ0) is 19.1. The fourth-order valence-electron chi connectivity index (χ4n) is 3.04. The van der Waals surface area contributed by atoms with Gasteiger partial charge < -0.3 is 14.4 Å². The van der Waals surface area contributed by atoms with E-state index in [4.69, 9.17) is 9.47 Å². The molecule has 5 nitrogen and oxygen atoms in total. The Hall–Kier alpha value is -2.60. The van der Waals surface area contributed by atoms with Gasteiger partial charge in [-0.1, -0.05) is 12.1 Å². The van der Waals surface area contributed by atoms with Gasteiger partial charge in [-0.05, 0) is 48.9 Å². The molecule has 0 spiro atoms. The molecule has 3 rings (SSSR count). The summed E-state index contributed by atoms with van der Waals surface area (Å²) in [5.74, 6) is 1.02. The Balaban J connectivity index is 1.41. The molecule has 6 heteroatoms. The van der Waals surface area contributed by atoms with Crippen LogP contribution in [0.1, 0.15) is 12.5 Å². The van der Waals surface area contributed by atoms with Crippen LogP contribution < -0.4 is 9.47 Å². The van der Waals surface area contributed by atoms with Gasteiger partial charge in [-0.2, -0.15) is 0 Å². The molecule has 0 aromatic heterocycles. The standard InChI is InChI=1S/C21H25FN2O3/c1-2-26-19-7-3-17(4-8-19)15-23-11-13-24(14-12-23)21(25)16-27-20-9-5-18(22)6-10-20/h3-10H,2,11-16H2,1H3. The van der Waals surface area contributed by atoms with E-state index in [0.29, 0.717) is 25.4 Å². The molecule has 0 N–H and O–H groups in total. The van der Waals surface area contributed by atoms with E-state index in [1.54, 1.807) is 0 Å². The Kier molecular flexibility index (Phi) is 6.65. The van der Waals surface area contributed by atoms with Crippen molar-refractivity contribution in [2.24, 2.45) is 0 Å². The zero-order valence-corrected chi connectivity index (χ0v) is 15.6. The van der Waals surface area contributed by atoms with Crippen molar-refractivity contribution in [3.8, 4) is 11.5 Å². The smallest absolute Gasteiger partial charge is 0.260 e. The van der Waals surface area contributed by atoms with Gasteiger partial charge in [-0.25, -0.2) is 4.39 Å². The van der Waals surface area contributed by atoms with Crippen LogP contribution in [0, 0.1) is 5.82 Å². The topological polar surface area (TPSA) is 42.0 Å². The van der Waals surface area contributed by atoms with E-state index in [1.807, 2.05) is 24.0 Å². The first kappa shape index (κ1) is 19.2. The average Bonchev–Trinajstić information content (AvgIpc) is 2.70. The second kappa shape index (κ2) is 9.37. The van der Waals surface area contributed by atoms with Crippen LogP contribution in [0.2, 0.25) is 0 Å². The normalized spacial score (nSPS) is 14.8. The highest BCUT2D eigenvalue weighted by atomic mass is 19.1. The van der Waals surface area contributed by atoms with Crippen LogP contribution in [0.4, 0.5) is 4.39 Å². The summed E-state index contributed by atoms with van der Waals surface area (Å²) in [6, 6.07) is 13.8. The number of nitrogens with zero attached hydrogens (tertiary/aromatic N) is 2. The fourth-order valence-corrected chi connectivity index (χ4v) is 3.04. The van der Waals surface area contributed by atoms with Crippen molar-refractivity contribution in [2.45, 2.75) is 13.5 Å². The predicted octanol–water partition coefficient (Wildman–Crippen LogP) is 2.95. The molecule has 27 heavy (non-hydrogen) atoms. The van der Waals surface area contributed by atoms with E-state index in [9.17, 15) is 9.18 Å². The number of hydrogen-bond acceptors (Lipinski definition) is 4. The van der Waals surface area contributed by atoms with Gasteiger partial charge in [-0.3, -0.25) is 9.69 Å². The summed E-state index contributed by atoms with van der Waals surface area (Å²) in [7, 11) is 0. The zero-order valence-electron chi connectivity index (χ0n) is 15.6. The van der Waals surface area contributed by atoms with Gasteiger partial charge in [0.15, 0.2) is 6.61 Å². The number of benzene rings is 2. The highest BCUT2D eigenvalue weighted by molar-refractivity contribution is 5.77. The van der Waals surface area contributed by atoms with Crippen LogP contribution in [0.3, 0.4) is 0 Å². The summed E-state index contributed by atoms with van der Waals surface area (Å²) in [5, 5.41) is 0. The third-order valence-corrected chi connectivity index (χ3v) is 4.54. The first-order valence-electron chi connectivity index (χ1n) is 9.24. The van der Waals surface area contributed by atoms with Crippen LogP contribution in [0.15, 0.2) is 48.5 Å². The fraction of sp³-hybridized carbons (Fsp3) is 0.381. The molecule has 0 unspecified atom stereocenters. The van der Waals surface area contributed by atoms with Crippen LogP contribution in [0.5, 0.6) is 11.5 Å². The van der Waals surface area contributed by atoms with Crippen molar-refractivity contribution in [1.29, 1.82) is 0 Å². The number of amides is 1. The third-order valence-electron chi connectivity index (χ3n) is 4.54. The summed E-state index contributed by atoms with van der Waals surface area (Å²) < 4.78 is 23.8. The lowest BCUT2D eigenvalue weighted by atomic mass is 10.2. The van der Waals surface area contributed by atoms with Crippen molar-refractivity contribution >= 4 is 5.91 Å². The Morgan fingerprint density at radius 1 is 0.926 bits per heavy atom. The van der Waals surface area contributed by atoms with Gasteiger partial charge in [0.25, 0.3) is 5.91 Å². The van der Waals surface area contributed by atoms with Crippen molar-refractivity contribution in [2.75, 3.05) is 39.4 Å². The SMILES string of the molecule is CCOc1ccc(CN2CCN(C(=O)COc3ccc(F)cc3)CC2)cc1. The number of piperazine rings is 1. The van der Waals surface area contributed by atoms with E-state index in [-0.39, 0.29) is 18.3 Å². The lowest BCUT2D eigenvalue weighted by Gasteiger charge is -2.34. The second-order valence-corrected chi connectivity index (χ2v) is 6.48. The lowest BCUT2D eigenvalue weighted by molar-refractivity contribution is -0.135. The first-order valence-corrected chi connectivity index (χ1v) is 9.24. The van der Waals surface area contributed by atoms with Gasteiger partial charge in [-0.15, -0.1) is 0 Å². The monoisotopic (exact) mass is 372 g/mol. The first-order chi connectivity index (χ1) is 13.1. The number of carbonyl (C=O) groups is 1. The van der Waals surface area contributed by atoms with E-state index >= 15 is 0 Å². The lowest BCUT2D eigenvalue weighted by Crippen LogP contribution is -2.49. The number of rotatable bonds is 7. The minimum absolute atomic E-state index is 0.0233. The maximum atomic E-state index is 12.9. The van der Waals surface area contributed by atoms with Gasteiger partial charge in [0, 0.05) is 32.7 Å². The van der Waals surface area contributed by atoms with Crippen LogP contribution >= 0.6 is 0 Å². The molecule has 0 saturated carbocycles. The summed E-state index contributed by atoms with van der Waals surface area (Å²) in [6.07, 6.45) is 0. The molecular weight excluding hydrogens is 347 g/mol. The molecule has 1 amide bonds. The van der Waals surface area contributed by atoms with E-state index in [2.05, 4.69) is 17.0 Å². The summed E-state index contributed by atoms with van der Waals surface area (Å²) in [4.78, 5) is 16.4. The van der Waals surface area contributed by atoms with Crippen molar-refractivity contribution in [1.82, 2.24) is 9.80 Å². The summed E-state index contributed by atoms with van der Waals surface area (Å²) in [5.41, 5.74) is 1.23. The van der Waals surface area contributed by atoms with Crippen LogP contribution in [-0.4, -0.2) is 55.1 Å². The highest BCUT2D eigenvalue weighted by Crippen LogP contribution is 2.15. The van der Waals surface area contributed by atoms with Crippen molar-refractivity contribution in [3.05, 3.63) is 59.9 Å². The molecule has 1 saturated heterocycles. The Morgan fingerprint density at radius 3 is 2.15 bits per heavy atom. The van der Waals surface area contributed by atoms with Gasteiger partial charge in [0.2, 0.25) is 0 Å². The molecule has 1 aliphatic heterocycles. The van der Waals surface area contributed by atoms with Gasteiger partial charge in [0.1, 0.15) is 17.3 Å². The summed E-state index contributed by atoms with van der Waals surface area (Å²) >= 11 is 0. The van der Waals surface area contributed by atoms with E-state index in [0.717, 1.165) is 25.4 Å². The number of hydrogen-bond donors (Lipinski definition) is 0. The van der Waals surface area contributed by atoms with Gasteiger partial charge in [0.05, 0.1) is 6.61 Å². The molecule has 1 heterocycles. The third kappa shape index (κ3) is 5.69. The Labute approximate surface area is 159 Å². The molecule has 0 atom stereocenters. The largest absolute Gasteiger partial charge is 0.494 e. The average molecular weight is 372 g/mol. The molecule has 1 fully saturated rings. The maximum Gasteiger partial charge on any atom is 0.260 e. The van der Waals surface area contributed by atoms with Crippen LogP contribution in [0.25, 0.3) is 0 Å². The molecule has 0 bridgehead atoms. The molecule has 2 aromatic carbocycles. The quantitative estimate of drug-likeness (QED) is 0.749. The molecule has 0 radical (unpaired) electrons. The van der Waals surface area contributed by atoms with Crippen molar-refractivity contribution < 1.29 is 18.7 Å². The number of carbonyl (C=O) groups excluding carboxylic acids is 1. The molecule has 2 aromatic rings. The number of halogens is 1. The van der Waals surface area contributed by atoms with Crippen LogP contribution in [-0.2, 0) is 11.3 Å². The summed E-state index contributed by atoms with van der Waals surface area (Å²) in [6.45, 7) is 6.50. The number of ether oxygens (including phenoxy) is 2. The Bertz CT molecular complexity index is 726. The molecule has 144 valence electrons. The molecule has 1 aliphatic rings. The minimum atomic E-state index is -0.322. The van der Waals surface area contributed by atoms with Crippen molar-refractivity contribution in [3.63, 3.8) is 0 Å².